The summed E-state index contributed by atoms with van der Waals surface area (Å²) in [6, 6.07) is 7.24. The molecular weight excluding hydrogens is 335 g/mol. The van der Waals surface area contributed by atoms with Crippen molar-refractivity contribution in [3.63, 3.8) is 0 Å². The third kappa shape index (κ3) is 4.29. The Bertz CT molecular complexity index is 725. The molecule has 8 heteroatoms. The molecule has 2 aromatic rings. The van der Waals surface area contributed by atoms with E-state index in [1.807, 2.05) is 0 Å². The van der Waals surface area contributed by atoms with Crippen molar-refractivity contribution in [2.24, 2.45) is 0 Å². The Morgan fingerprint density at radius 2 is 1.87 bits per heavy atom. The van der Waals surface area contributed by atoms with E-state index < -0.39 is 18.3 Å². The normalized spacial score (nSPS) is 10.5. The van der Waals surface area contributed by atoms with Crippen LogP contribution in [-0.4, -0.2) is 19.6 Å². The average Bonchev–Trinajstić information content (AvgIpc) is 2.49. The van der Waals surface area contributed by atoms with Gasteiger partial charge in [0.25, 0.3) is 5.91 Å². The number of rotatable bonds is 5. The summed E-state index contributed by atoms with van der Waals surface area (Å²) in [4.78, 5) is 12.2. The third-order valence-corrected chi connectivity index (χ3v) is 3.11. The minimum Gasteiger partial charge on any atom is -0.496 e. The SMILES string of the molecule is COc1ccc(F)cc1C(=O)Nc1ccc(OC(F)F)c(Cl)c1. The molecule has 0 aliphatic heterocycles. The molecule has 0 heterocycles. The molecule has 0 aromatic heterocycles. The van der Waals surface area contributed by atoms with Crippen LogP contribution in [0.25, 0.3) is 0 Å². The molecule has 2 aromatic carbocycles. The van der Waals surface area contributed by atoms with E-state index >= 15 is 0 Å². The zero-order valence-electron chi connectivity index (χ0n) is 11.8. The number of carbonyl (C=O) groups is 1. The molecule has 23 heavy (non-hydrogen) atoms. The first-order valence-corrected chi connectivity index (χ1v) is 6.67. The monoisotopic (exact) mass is 345 g/mol. The first-order chi connectivity index (χ1) is 10.9. The van der Waals surface area contributed by atoms with Gasteiger partial charge in [-0.15, -0.1) is 0 Å². The lowest BCUT2D eigenvalue weighted by Gasteiger charge is -2.11. The van der Waals surface area contributed by atoms with Gasteiger partial charge in [-0.1, -0.05) is 11.6 Å². The zero-order chi connectivity index (χ0) is 17.0. The molecule has 0 aliphatic carbocycles. The molecule has 0 unspecified atom stereocenters. The van der Waals surface area contributed by atoms with Crippen LogP contribution in [0.3, 0.4) is 0 Å². The second kappa shape index (κ2) is 7.23. The Labute approximate surface area is 134 Å². The van der Waals surface area contributed by atoms with Crippen molar-refractivity contribution < 1.29 is 27.4 Å². The van der Waals surface area contributed by atoms with Crippen molar-refractivity contribution in [1.29, 1.82) is 0 Å². The van der Waals surface area contributed by atoms with E-state index in [-0.39, 0.29) is 27.8 Å². The number of carbonyl (C=O) groups excluding carboxylic acids is 1. The largest absolute Gasteiger partial charge is 0.496 e. The van der Waals surface area contributed by atoms with Gasteiger partial charge in [0.2, 0.25) is 0 Å². The van der Waals surface area contributed by atoms with Gasteiger partial charge in [0.1, 0.15) is 17.3 Å². The zero-order valence-corrected chi connectivity index (χ0v) is 12.5. The van der Waals surface area contributed by atoms with Crippen LogP contribution < -0.4 is 14.8 Å². The van der Waals surface area contributed by atoms with Crippen molar-refractivity contribution >= 4 is 23.2 Å². The molecular formula is C15H11ClF3NO3. The lowest BCUT2D eigenvalue weighted by atomic mass is 10.1. The predicted molar refractivity (Wildman–Crippen MR) is 79.0 cm³/mol. The maximum absolute atomic E-state index is 13.3. The molecule has 0 atom stereocenters. The summed E-state index contributed by atoms with van der Waals surface area (Å²) in [6.07, 6.45) is 0. The fourth-order valence-electron chi connectivity index (χ4n) is 1.83. The van der Waals surface area contributed by atoms with Gasteiger partial charge in [-0.2, -0.15) is 8.78 Å². The van der Waals surface area contributed by atoms with Crippen LogP contribution in [-0.2, 0) is 0 Å². The number of ether oxygens (including phenoxy) is 2. The summed E-state index contributed by atoms with van der Waals surface area (Å²) in [5.74, 6) is -1.27. The molecule has 0 aliphatic rings. The van der Waals surface area contributed by atoms with Crippen LogP contribution >= 0.6 is 11.6 Å². The molecule has 1 amide bonds. The summed E-state index contributed by atoms with van der Waals surface area (Å²) in [6.45, 7) is -3.01. The Hall–Kier alpha value is -2.41. The maximum atomic E-state index is 13.3. The van der Waals surface area contributed by atoms with Gasteiger partial charge in [0.05, 0.1) is 17.7 Å². The Morgan fingerprint density at radius 1 is 1.17 bits per heavy atom. The summed E-state index contributed by atoms with van der Waals surface area (Å²) in [5.41, 5.74) is 0.212. The fraction of sp³-hybridized carbons (Fsp3) is 0.133. The van der Waals surface area contributed by atoms with Crippen LogP contribution in [0.15, 0.2) is 36.4 Å². The van der Waals surface area contributed by atoms with Crippen LogP contribution in [0.5, 0.6) is 11.5 Å². The van der Waals surface area contributed by atoms with Crippen LogP contribution in [0, 0.1) is 5.82 Å². The molecule has 0 fully saturated rings. The molecule has 1 N–H and O–H groups in total. The van der Waals surface area contributed by atoms with Crippen molar-refractivity contribution in [2.45, 2.75) is 6.61 Å². The highest BCUT2D eigenvalue weighted by molar-refractivity contribution is 6.32. The number of methoxy groups -OCH3 is 1. The standard InChI is InChI=1S/C15H11ClF3NO3/c1-22-12-4-2-8(17)6-10(12)14(21)20-9-3-5-13(11(16)7-9)23-15(18)19/h2-7,15H,1H3,(H,20,21). The van der Waals surface area contributed by atoms with Crippen molar-refractivity contribution in [3.05, 3.63) is 52.8 Å². The smallest absolute Gasteiger partial charge is 0.387 e. The Kier molecular flexibility index (Phi) is 5.33. The van der Waals surface area contributed by atoms with Crippen molar-refractivity contribution in [3.8, 4) is 11.5 Å². The van der Waals surface area contributed by atoms with E-state index in [9.17, 15) is 18.0 Å². The highest BCUT2D eigenvalue weighted by Gasteiger charge is 2.15. The number of hydrogen-bond donors (Lipinski definition) is 1. The molecule has 0 saturated carbocycles. The molecule has 0 radical (unpaired) electrons. The lowest BCUT2D eigenvalue weighted by Crippen LogP contribution is -2.13. The summed E-state index contributed by atoms with van der Waals surface area (Å²) in [5, 5.41) is 2.37. The van der Waals surface area contributed by atoms with Gasteiger partial charge in [-0.25, -0.2) is 4.39 Å². The van der Waals surface area contributed by atoms with Crippen LogP contribution in [0.4, 0.5) is 18.9 Å². The number of anilines is 1. The molecule has 0 spiro atoms. The fourth-order valence-corrected chi connectivity index (χ4v) is 2.05. The number of alkyl halides is 2. The molecule has 122 valence electrons. The number of benzene rings is 2. The van der Waals surface area contributed by atoms with Gasteiger partial charge >= 0.3 is 6.61 Å². The number of hydrogen-bond acceptors (Lipinski definition) is 3. The summed E-state index contributed by atoms with van der Waals surface area (Å²) in [7, 11) is 1.34. The first-order valence-electron chi connectivity index (χ1n) is 6.30. The van der Waals surface area contributed by atoms with Gasteiger partial charge < -0.3 is 14.8 Å². The van der Waals surface area contributed by atoms with Gasteiger partial charge in [-0.05, 0) is 36.4 Å². The van der Waals surface area contributed by atoms with E-state index in [1.165, 1.54) is 31.4 Å². The quantitative estimate of drug-likeness (QED) is 0.876. The van der Waals surface area contributed by atoms with Crippen molar-refractivity contribution in [2.75, 3.05) is 12.4 Å². The third-order valence-electron chi connectivity index (χ3n) is 2.81. The lowest BCUT2D eigenvalue weighted by molar-refractivity contribution is -0.0497. The van der Waals surface area contributed by atoms with E-state index in [4.69, 9.17) is 16.3 Å². The topological polar surface area (TPSA) is 47.6 Å². The maximum Gasteiger partial charge on any atom is 0.387 e. The van der Waals surface area contributed by atoms with Crippen LogP contribution in [0.2, 0.25) is 5.02 Å². The molecule has 0 bridgehead atoms. The minimum atomic E-state index is -3.01. The number of amides is 1. The molecule has 0 saturated heterocycles. The Balaban J connectivity index is 2.21. The minimum absolute atomic E-state index is 0.0171. The second-order valence-corrected chi connectivity index (χ2v) is 4.73. The van der Waals surface area contributed by atoms with E-state index in [1.54, 1.807) is 0 Å². The first kappa shape index (κ1) is 17.0. The number of halogens is 4. The summed E-state index contributed by atoms with van der Waals surface area (Å²) >= 11 is 5.79. The van der Waals surface area contributed by atoms with Gasteiger partial charge in [-0.3, -0.25) is 4.79 Å². The Morgan fingerprint density at radius 3 is 2.48 bits per heavy atom. The summed E-state index contributed by atoms with van der Waals surface area (Å²) < 4.78 is 46.8. The van der Waals surface area contributed by atoms with Crippen LogP contribution in [0.1, 0.15) is 10.4 Å². The van der Waals surface area contributed by atoms with Gasteiger partial charge in [0.15, 0.2) is 0 Å². The van der Waals surface area contributed by atoms with Gasteiger partial charge in [0, 0.05) is 5.69 Å². The van der Waals surface area contributed by atoms with E-state index in [2.05, 4.69) is 10.1 Å². The molecule has 4 nitrogen and oxygen atoms in total. The molecule has 2 rings (SSSR count). The van der Waals surface area contributed by atoms with E-state index in [0.29, 0.717) is 0 Å². The second-order valence-electron chi connectivity index (χ2n) is 4.32. The highest BCUT2D eigenvalue weighted by atomic mass is 35.5. The average molecular weight is 346 g/mol. The van der Waals surface area contributed by atoms with Crippen molar-refractivity contribution in [1.82, 2.24) is 0 Å². The van der Waals surface area contributed by atoms with E-state index in [0.717, 1.165) is 12.1 Å². The highest BCUT2D eigenvalue weighted by Crippen LogP contribution is 2.29. The predicted octanol–water partition coefficient (Wildman–Crippen LogP) is 4.34. The number of nitrogens with one attached hydrogen (secondary N) is 1.